The van der Waals surface area contributed by atoms with Crippen LogP contribution in [0.3, 0.4) is 0 Å². The van der Waals surface area contributed by atoms with Crippen LogP contribution in [0, 0.1) is 0 Å². The lowest BCUT2D eigenvalue weighted by Gasteiger charge is -2.14. The van der Waals surface area contributed by atoms with E-state index in [4.69, 9.17) is 9.72 Å². The predicted molar refractivity (Wildman–Crippen MR) is 118 cm³/mol. The smallest absolute Gasteiger partial charge is 0.311 e. The summed E-state index contributed by atoms with van der Waals surface area (Å²) in [4.78, 5) is 31.0. The third-order valence-electron chi connectivity index (χ3n) is 4.49. The van der Waals surface area contributed by atoms with Crippen LogP contribution in [0.15, 0.2) is 47.8 Å². The minimum atomic E-state index is -0.425. The van der Waals surface area contributed by atoms with Crippen LogP contribution in [0.2, 0.25) is 0 Å². The zero-order chi connectivity index (χ0) is 20.6. The molecule has 29 heavy (non-hydrogen) atoms. The molecule has 5 nitrogen and oxygen atoms in total. The molecule has 0 aliphatic rings. The first-order valence-electron chi connectivity index (χ1n) is 9.64. The Bertz CT molecular complexity index is 932. The van der Waals surface area contributed by atoms with Crippen molar-refractivity contribution >= 4 is 34.6 Å². The van der Waals surface area contributed by atoms with Crippen molar-refractivity contribution in [3.63, 3.8) is 0 Å². The summed E-state index contributed by atoms with van der Waals surface area (Å²) in [5.74, 6) is -0.689. The van der Waals surface area contributed by atoms with E-state index in [0.29, 0.717) is 0 Å². The van der Waals surface area contributed by atoms with Crippen molar-refractivity contribution in [2.24, 2.45) is 0 Å². The molecule has 2 aromatic heterocycles. The van der Waals surface area contributed by atoms with Crippen LogP contribution in [0.5, 0.6) is 0 Å². The summed E-state index contributed by atoms with van der Waals surface area (Å²) in [5.41, 5.74) is 1.82. The van der Waals surface area contributed by atoms with E-state index < -0.39 is 5.97 Å². The fraction of sp³-hybridized carbons (Fsp3) is 0.318. The van der Waals surface area contributed by atoms with Crippen LogP contribution in [-0.2, 0) is 20.7 Å². The van der Waals surface area contributed by atoms with Gasteiger partial charge >= 0.3 is 5.97 Å². The number of carbonyl (C=O) groups excluding carboxylic acids is 2. The number of hydrogen-bond acceptors (Lipinski definition) is 6. The molecular weight excluding hydrogens is 404 g/mol. The third kappa shape index (κ3) is 5.74. The minimum Gasteiger partial charge on any atom is -0.455 e. The summed E-state index contributed by atoms with van der Waals surface area (Å²) in [6.07, 6.45) is 1.79. The van der Waals surface area contributed by atoms with Crippen LogP contribution in [0.25, 0.3) is 21.1 Å². The molecule has 7 heteroatoms. The van der Waals surface area contributed by atoms with E-state index in [-0.39, 0.29) is 25.0 Å². The quantitative estimate of drug-likeness (QED) is 0.491. The topological polar surface area (TPSA) is 68.3 Å². The molecule has 0 unspecified atom stereocenters. The van der Waals surface area contributed by atoms with Gasteiger partial charge in [0, 0.05) is 16.5 Å². The SMILES string of the molecule is CCC(CC)NC(=O)COC(=O)Cc1sc(-c2ccccc2)nc1-c1cccs1. The second kappa shape index (κ2) is 10.3. The maximum absolute atomic E-state index is 12.4. The van der Waals surface area contributed by atoms with Crippen LogP contribution in [-0.4, -0.2) is 29.5 Å². The molecule has 0 spiro atoms. The second-order valence-corrected chi connectivity index (χ2v) is 8.58. The van der Waals surface area contributed by atoms with Gasteiger partial charge in [0.15, 0.2) is 6.61 Å². The molecular formula is C22H24N2O3S2. The largest absolute Gasteiger partial charge is 0.455 e. The van der Waals surface area contributed by atoms with Gasteiger partial charge in [0.25, 0.3) is 5.91 Å². The monoisotopic (exact) mass is 428 g/mol. The van der Waals surface area contributed by atoms with Crippen molar-refractivity contribution in [2.75, 3.05) is 6.61 Å². The highest BCUT2D eigenvalue weighted by Gasteiger charge is 2.19. The number of benzene rings is 1. The lowest BCUT2D eigenvalue weighted by Crippen LogP contribution is -2.37. The fourth-order valence-electron chi connectivity index (χ4n) is 2.87. The number of aromatic nitrogens is 1. The van der Waals surface area contributed by atoms with Gasteiger partial charge < -0.3 is 10.1 Å². The van der Waals surface area contributed by atoms with E-state index in [2.05, 4.69) is 5.32 Å². The van der Waals surface area contributed by atoms with Gasteiger partial charge in [0.05, 0.1) is 17.0 Å². The first-order chi connectivity index (χ1) is 14.1. The molecule has 1 aromatic carbocycles. The lowest BCUT2D eigenvalue weighted by molar-refractivity contribution is -0.148. The fourth-order valence-corrected chi connectivity index (χ4v) is 4.74. The van der Waals surface area contributed by atoms with Gasteiger partial charge in [-0.1, -0.05) is 50.2 Å². The Balaban J connectivity index is 1.70. The van der Waals surface area contributed by atoms with E-state index in [1.807, 2.05) is 61.7 Å². The molecule has 0 aliphatic heterocycles. The summed E-state index contributed by atoms with van der Waals surface area (Å²) in [6, 6.07) is 14.0. The average Bonchev–Trinajstić information content (AvgIpc) is 3.41. The number of thiophene rings is 1. The number of esters is 1. The van der Waals surface area contributed by atoms with Crippen molar-refractivity contribution in [1.29, 1.82) is 0 Å². The highest BCUT2D eigenvalue weighted by Crippen LogP contribution is 2.36. The number of ether oxygens (including phenoxy) is 1. The molecule has 3 rings (SSSR count). The Morgan fingerprint density at radius 2 is 1.86 bits per heavy atom. The lowest BCUT2D eigenvalue weighted by atomic mass is 10.2. The predicted octanol–water partition coefficient (Wildman–Crippen LogP) is 4.93. The Kier molecular flexibility index (Phi) is 7.55. The van der Waals surface area contributed by atoms with Gasteiger partial charge in [-0.25, -0.2) is 4.98 Å². The van der Waals surface area contributed by atoms with Crippen LogP contribution < -0.4 is 5.32 Å². The van der Waals surface area contributed by atoms with E-state index in [9.17, 15) is 9.59 Å². The maximum atomic E-state index is 12.4. The number of amides is 1. The first kappa shape index (κ1) is 21.2. The van der Waals surface area contributed by atoms with Gasteiger partial charge in [-0.2, -0.15) is 0 Å². The zero-order valence-electron chi connectivity index (χ0n) is 16.5. The molecule has 1 N–H and O–H groups in total. The van der Waals surface area contributed by atoms with Crippen LogP contribution in [0.1, 0.15) is 31.6 Å². The number of rotatable bonds is 9. The summed E-state index contributed by atoms with van der Waals surface area (Å²) in [6.45, 7) is 3.77. The number of thiazole rings is 1. The molecule has 1 amide bonds. The first-order valence-corrected chi connectivity index (χ1v) is 11.3. The van der Waals surface area contributed by atoms with E-state index in [1.165, 1.54) is 11.3 Å². The van der Waals surface area contributed by atoms with Gasteiger partial charge in [-0.3, -0.25) is 9.59 Å². The molecule has 2 heterocycles. The maximum Gasteiger partial charge on any atom is 0.311 e. The molecule has 0 saturated carbocycles. The van der Waals surface area contributed by atoms with E-state index in [0.717, 1.165) is 38.9 Å². The summed E-state index contributed by atoms with van der Waals surface area (Å²) < 4.78 is 5.22. The molecule has 0 bridgehead atoms. The van der Waals surface area contributed by atoms with Gasteiger partial charge in [0.2, 0.25) is 0 Å². The number of nitrogens with zero attached hydrogens (tertiary/aromatic N) is 1. The van der Waals surface area contributed by atoms with Gasteiger partial charge in [0.1, 0.15) is 5.01 Å². The number of nitrogens with one attached hydrogen (secondary N) is 1. The van der Waals surface area contributed by atoms with Crippen LogP contribution >= 0.6 is 22.7 Å². The van der Waals surface area contributed by atoms with Gasteiger partial charge in [-0.15, -0.1) is 22.7 Å². The number of carbonyl (C=O) groups is 2. The minimum absolute atomic E-state index is 0.0933. The molecule has 0 aliphatic carbocycles. The Hall–Kier alpha value is -2.51. The van der Waals surface area contributed by atoms with Gasteiger partial charge in [-0.05, 0) is 24.3 Å². The summed E-state index contributed by atoms with van der Waals surface area (Å²) in [7, 11) is 0. The Labute approximate surface area is 178 Å². The third-order valence-corrected chi connectivity index (χ3v) is 6.47. The normalized spacial score (nSPS) is 10.9. The highest BCUT2D eigenvalue weighted by molar-refractivity contribution is 7.17. The number of hydrogen-bond donors (Lipinski definition) is 1. The average molecular weight is 429 g/mol. The van der Waals surface area contributed by atoms with Crippen molar-refractivity contribution in [2.45, 2.75) is 39.2 Å². The second-order valence-electron chi connectivity index (χ2n) is 6.55. The van der Waals surface area contributed by atoms with Crippen molar-refractivity contribution in [3.8, 4) is 21.1 Å². The molecule has 0 radical (unpaired) electrons. The zero-order valence-corrected chi connectivity index (χ0v) is 18.1. The summed E-state index contributed by atoms with van der Waals surface area (Å²) in [5, 5.41) is 5.72. The van der Waals surface area contributed by atoms with E-state index >= 15 is 0 Å². The van der Waals surface area contributed by atoms with Crippen molar-refractivity contribution in [1.82, 2.24) is 10.3 Å². The highest BCUT2D eigenvalue weighted by atomic mass is 32.1. The molecule has 152 valence electrons. The Morgan fingerprint density at radius 1 is 1.10 bits per heavy atom. The molecule has 3 aromatic rings. The summed E-state index contributed by atoms with van der Waals surface area (Å²) >= 11 is 3.07. The molecule has 0 saturated heterocycles. The standard InChI is InChI=1S/C22H24N2O3S2/c1-3-16(4-2)23-19(25)14-27-20(26)13-18-21(17-11-8-12-28-17)24-22(29-18)15-9-6-5-7-10-15/h5-12,16H,3-4,13-14H2,1-2H3,(H,23,25). The van der Waals surface area contributed by atoms with Crippen molar-refractivity contribution in [3.05, 3.63) is 52.7 Å². The molecule has 0 fully saturated rings. The van der Waals surface area contributed by atoms with Crippen LogP contribution in [0.4, 0.5) is 0 Å². The van der Waals surface area contributed by atoms with E-state index in [1.54, 1.807) is 11.3 Å². The van der Waals surface area contributed by atoms with Crippen molar-refractivity contribution < 1.29 is 14.3 Å². The molecule has 0 atom stereocenters. The Morgan fingerprint density at radius 3 is 2.52 bits per heavy atom.